The van der Waals surface area contributed by atoms with Crippen molar-refractivity contribution in [2.24, 2.45) is 5.10 Å². The van der Waals surface area contributed by atoms with Gasteiger partial charge in [-0.1, -0.05) is 59.6 Å². The molecule has 1 aliphatic rings. The summed E-state index contributed by atoms with van der Waals surface area (Å²) < 4.78 is 8.53. The molecule has 0 atom stereocenters. The van der Waals surface area contributed by atoms with Crippen molar-refractivity contribution in [2.75, 3.05) is 41.9 Å². The van der Waals surface area contributed by atoms with Crippen molar-refractivity contribution in [2.45, 2.75) is 13.5 Å². The van der Waals surface area contributed by atoms with Gasteiger partial charge in [-0.25, -0.2) is 5.43 Å². The van der Waals surface area contributed by atoms with E-state index in [4.69, 9.17) is 27.9 Å². The highest BCUT2D eigenvalue weighted by atomic mass is 79.9. The molecule has 12 heteroatoms. The summed E-state index contributed by atoms with van der Waals surface area (Å²) in [6.07, 6.45) is 3.84. The number of nitrogens with zero attached hydrogens (tertiary/aromatic N) is 6. The zero-order valence-corrected chi connectivity index (χ0v) is 25.8. The van der Waals surface area contributed by atoms with Crippen molar-refractivity contribution < 1.29 is 4.74 Å². The first-order valence-electron chi connectivity index (χ1n) is 13.4. The predicted octanol–water partition coefficient (Wildman–Crippen LogP) is 7.28. The summed E-state index contributed by atoms with van der Waals surface area (Å²) in [7, 11) is 0. The van der Waals surface area contributed by atoms with Crippen LogP contribution in [-0.4, -0.2) is 52.0 Å². The Balaban J connectivity index is 1.28. The summed E-state index contributed by atoms with van der Waals surface area (Å²) in [5.74, 6) is 1.19. The van der Waals surface area contributed by atoms with Gasteiger partial charge >= 0.3 is 0 Å². The highest BCUT2D eigenvalue weighted by Gasteiger charge is 2.18. The number of anilines is 4. The molecule has 0 radical (unpaired) electrons. The van der Waals surface area contributed by atoms with Crippen molar-refractivity contribution in [1.82, 2.24) is 19.5 Å². The first-order chi connectivity index (χ1) is 20.4. The first kappa shape index (κ1) is 28.4. The Labute approximate surface area is 261 Å². The van der Waals surface area contributed by atoms with Crippen LogP contribution in [-0.2, 0) is 11.3 Å². The minimum absolute atomic E-state index is 0.305. The smallest absolute Gasteiger partial charge is 0.250 e. The van der Waals surface area contributed by atoms with Crippen LogP contribution in [0.15, 0.2) is 76.4 Å². The van der Waals surface area contributed by atoms with Crippen LogP contribution in [0.5, 0.6) is 0 Å². The summed E-state index contributed by atoms with van der Waals surface area (Å²) in [4.78, 5) is 16.0. The van der Waals surface area contributed by atoms with Crippen LogP contribution in [0.3, 0.4) is 0 Å². The number of benzene rings is 3. The molecule has 1 saturated heterocycles. The highest BCUT2D eigenvalue weighted by Crippen LogP contribution is 2.31. The van der Waals surface area contributed by atoms with Gasteiger partial charge in [0.05, 0.1) is 25.1 Å². The van der Waals surface area contributed by atoms with E-state index in [0.29, 0.717) is 55.7 Å². The van der Waals surface area contributed by atoms with E-state index in [9.17, 15) is 0 Å². The van der Waals surface area contributed by atoms with Crippen LogP contribution >= 0.6 is 39.1 Å². The largest absolute Gasteiger partial charge is 0.378 e. The normalized spacial score (nSPS) is 13.7. The zero-order chi connectivity index (χ0) is 29.1. The summed E-state index contributed by atoms with van der Waals surface area (Å²) in [5, 5.41) is 10.2. The summed E-state index contributed by atoms with van der Waals surface area (Å²) in [6, 6.07) is 19.9. The van der Waals surface area contributed by atoms with E-state index in [2.05, 4.69) is 74.5 Å². The standard InChI is InChI=1S/C30H27BrCl2N8O/c1-19-14-23(31)26(15-25(19)33)35-28-36-29(38-30(37-28)40-10-12-42-13-11-40)39-34-16-21-18-41(27-9-5-3-7-22(21)27)17-20-6-2-4-8-24(20)32/h2-9,14-16,18H,10-13,17H2,1H3,(H2,35,36,37,38,39)/b34-16+. The first-order valence-corrected chi connectivity index (χ1v) is 14.9. The van der Waals surface area contributed by atoms with Crippen LogP contribution in [0.2, 0.25) is 10.0 Å². The van der Waals surface area contributed by atoms with Gasteiger partial charge in [0.15, 0.2) is 0 Å². The maximum absolute atomic E-state index is 6.45. The van der Waals surface area contributed by atoms with Crippen molar-refractivity contribution in [1.29, 1.82) is 0 Å². The van der Waals surface area contributed by atoms with Crippen LogP contribution < -0.4 is 15.6 Å². The van der Waals surface area contributed by atoms with E-state index in [1.807, 2.05) is 55.5 Å². The molecular weight excluding hydrogens is 639 g/mol. The Morgan fingerprint density at radius 3 is 2.57 bits per heavy atom. The van der Waals surface area contributed by atoms with E-state index < -0.39 is 0 Å². The third-order valence-electron chi connectivity index (χ3n) is 6.90. The van der Waals surface area contributed by atoms with Gasteiger partial charge in [-0.15, -0.1) is 0 Å². The predicted molar refractivity (Wildman–Crippen MR) is 174 cm³/mol. The fraction of sp³-hybridized carbons (Fsp3) is 0.200. The Morgan fingerprint density at radius 2 is 1.74 bits per heavy atom. The number of halogens is 3. The van der Waals surface area contributed by atoms with Gasteiger partial charge in [-0.2, -0.15) is 20.1 Å². The Bertz CT molecular complexity index is 1770. The molecule has 3 heterocycles. The van der Waals surface area contributed by atoms with Crippen molar-refractivity contribution in [3.63, 3.8) is 0 Å². The monoisotopic (exact) mass is 664 g/mol. The van der Waals surface area contributed by atoms with Crippen LogP contribution in [0, 0.1) is 6.92 Å². The number of para-hydroxylation sites is 1. The van der Waals surface area contributed by atoms with Crippen molar-refractivity contribution in [3.8, 4) is 0 Å². The Morgan fingerprint density at radius 1 is 0.976 bits per heavy atom. The van der Waals surface area contributed by atoms with Gasteiger partial charge in [-0.3, -0.25) is 0 Å². The number of aromatic nitrogens is 4. The van der Waals surface area contributed by atoms with E-state index in [1.54, 1.807) is 6.21 Å². The average molecular weight is 666 g/mol. The molecule has 3 aromatic carbocycles. The molecule has 0 saturated carbocycles. The Hall–Kier alpha value is -3.70. The molecule has 6 rings (SSSR count). The topological polar surface area (TPSA) is 92.5 Å². The average Bonchev–Trinajstić information content (AvgIpc) is 3.34. The van der Waals surface area contributed by atoms with Gasteiger partial charge in [0.2, 0.25) is 17.8 Å². The molecule has 5 aromatic rings. The highest BCUT2D eigenvalue weighted by molar-refractivity contribution is 9.10. The quantitative estimate of drug-likeness (QED) is 0.133. The molecule has 1 fully saturated rings. The lowest BCUT2D eigenvalue weighted by Crippen LogP contribution is -2.37. The molecule has 0 bridgehead atoms. The number of rotatable bonds is 8. The Kier molecular flexibility index (Phi) is 8.57. The molecule has 0 spiro atoms. The van der Waals surface area contributed by atoms with E-state index in [0.717, 1.165) is 42.8 Å². The number of fused-ring (bicyclic) bond motifs is 1. The molecule has 42 heavy (non-hydrogen) atoms. The minimum Gasteiger partial charge on any atom is -0.378 e. The van der Waals surface area contributed by atoms with Gasteiger partial charge in [-0.05, 0) is 58.2 Å². The molecule has 2 aromatic heterocycles. The van der Waals surface area contributed by atoms with Crippen LogP contribution in [0.4, 0.5) is 23.5 Å². The third kappa shape index (κ3) is 6.37. The van der Waals surface area contributed by atoms with Crippen molar-refractivity contribution in [3.05, 3.63) is 98.1 Å². The fourth-order valence-corrected chi connectivity index (χ4v) is 5.63. The van der Waals surface area contributed by atoms with Crippen LogP contribution in [0.25, 0.3) is 10.9 Å². The lowest BCUT2D eigenvalue weighted by molar-refractivity contribution is 0.122. The number of hydrogen-bond donors (Lipinski definition) is 2. The summed E-state index contributed by atoms with van der Waals surface area (Å²) >= 11 is 16.4. The maximum Gasteiger partial charge on any atom is 0.250 e. The SMILES string of the molecule is Cc1cc(Br)c(Nc2nc(N/N=C/c3cn(Cc4ccccc4Cl)c4ccccc34)nc(N3CCOCC3)n2)cc1Cl. The molecule has 0 amide bonds. The number of hydrazone groups is 1. The number of nitrogens with one attached hydrogen (secondary N) is 2. The third-order valence-corrected chi connectivity index (χ3v) is 8.33. The van der Waals surface area contributed by atoms with E-state index in [1.165, 1.54) is 0 Å². The molecule has 1 aliphatic heterocycles. The molecule has 9 nitrogen and oxygen atoms in total. The maximum atomic E-state index is 6.45. The minimum atomic E-state index is 0.305. The lowest BCUT2D eigenvalue weighted by Gasteiger charge is -2.27. The number of hydrogen-bond acceptors (Lipinski definition) is 8. The zero-order valence-electron chi connectivity index (χ0n) is 22.7. The number of morpholine rings is 1. The molecule has 0 unspecified atom stereocenters. The second-order valence-corrected chi connectivity index (χ2v) is 11.4. The van der Waals surface area contributed by atoms with Gasteiger partial charge in [0.1, 0.15) is 0 Å². The second kappa shape index (κ2) is 12.7. The molecule has 0 aliphatic carbocycles. The van der Waals surface area contributed by atoms with Crippen LogP contribution in [0.1, 0.15) is 16.7 Å². The van der Waals surface area contributed by atoms with Gasteiger partial charge in [0.25, 0.3) is 0 Å². The van der Waals surface area contributed by atoms with Gasteiger partial charge < -0.3 is 19.5 Å². The number of ether oxygens (including phenoxy) is 1. The van der Waals surface area contributed by atoms with E-state index >= 15 is 0 Å². The van der Waals surface area contributed by atoms with Gasteiger partial charge in [0, 0.05) is 56.8 Å². The van der Waals surface area contributed by atoms with Crippen molar-refractivity contribution >= 4 is 79.8 Å². The van der Waals surface area contributed by atoms with E-state index in [-0.39, 0.29) is 0 Å². The lowest BCUT2D eigenvalue weighted by atomic mass is 10.2. The fourth-order valence-electron chi connectivity index (χ4n) is 4.72. The molecular formula is C30H27BrCl2N8O. The molecule has 214 valence electrons. The summed E-state index contributed by atoms with van der Waals surface area (Å²) in [5.41, 5.74) is 7.79. The second-order valence-electron chi connectivity index (χ2n) is 9.78. The summed E-state index contributed by atoms with van der Waals surface area (Å²) in [6.45, 7) is 5.16. The molecule has 2 N–H and O–H groups in total. The number of aryl methyl sites for hydroxylation is 1.